The molecule has 0 N–H and O–H groups in total. The molecule has 0 spiro atoms. The summed E-state index contributed by atoms with van der Waals surface area (Å²) >= 11 is 9.29. The molecule has 0 atom stereocenters. The third-order valence-electron chi connectivity index (χ3n) is 4.96. The predicted octanol–water partition coefficient (Wildman–Crippen LogP) is 6.30. The number of aryl methyl sites for hydroxylation is 1. The van der Waals surface area contributed by atoms with Gasteiger partial charge in [-0.1, -0.05) is 27.5 Å². The topological polar surface area (TPSA) is 61.8 Å². The Balaban J connectivity index is 1.55. The zero-order chi connectivity index (χ0) is 22.8. The molecule has 0 amide bonds. The molecule has 0 radical (unpaired) electrons. The van der Waals surface area contributed by atoms with E-state index in [2.05, 4.69) is 15.9 Å². The van der Waals surface area contributed by atoms with Gasteiger partial charge in [0, 0.05) is 26.7 Å². The van der Waals surface area contributed by atoms with Gasteiger partial charge in [0.15, 0.2) is 18.1 Å². The second-order valence-electron chi connectivity index (χ2n) is 7.16. The highest BCUT2D eigenvalue weighted by Gasteiger charge is 2.30. The van der Waals surface area contributed by atoms with Crippen LogP contribution in [0.15, 0.2) is 64.8 Å². The van der Waals surface area contributed by atoms with E-state index in [-0.39, 0.29) is 23.9 Å². The number of benzene rings is 3. The van der Waals surface area contributed by atoms with Gasteiger partial charge in [-0.2, -0.15) is 0 Å². The lowest BCUT2D eigenvalue weighted by molar-refractivity contribution is 0.0920. The molecule has 0 unspecified atom stereocenters. The summed E-state index contributed by atoms with van der Waals surface area (Å²) in [6.45, 7) is 1.66. The monoisotopic (exact) mass is 512 g/mol. The first kappa shape index (κ1) is 22.1. The Hall–Kier alpha value is -3.09. The predicted molar refractivity (Wildman–Crippen MR) is 126 cm³/mol. The second-order valence-corrected chi connectivity index (χ2v) is 8.51. The molecule has 162 valence electrons. The summed E-state index contributed by atoms with van der Waals surface area (Å²) < 4.78 is 17.8. The number of ether oxygens (including phenoxy) is 3. The molecule has 32 heavy (non-hydrogen) atoms. The summed E-state index contributed by atoms with van der Waals surface area (Å²) in [5.41, 5.74) is 2.39. The number of carbonyl (C=O) groups is 2. The van der Waals surface area contributed by atoms with Gasteiger partial charge in [-0.3, -0.25) is 9.59 Å². The van der Waals surface area contributed by atoms with Crippen LogP contribution >= 0.6 is 27.5 Å². The maximum Gasteiger partial charge on any atom is 0.232 e. The van der Waals surface area contributed by atoms with Crippen LogP contribution in [0.3, 0.4) is 0 Å². The van der Waals surface area contributed by atoms with E-state index in [9.17, 15) is 9.59 Å². The first-order valence-electron chi connectivity index (χ1n) is 9.69. The van der Waals surface area contributed by atoms with Gasteiger partial charge in [0.05, 0.1) is 12.7 Å². The lowest BCUT2D eigenvalue weighted by Crippen LogP contribution is -2.11. The number of Topliss-reactive ketones (excluding diaryl/α,β-unsaturated/α-hetero) is 2. The average molecular weight is 514 g/mol. The van der Waals surface area contributed by atoms with Crippen molar-refractivity contribution in [2.45, 2.75) is 6.92 Å². The van der Waals surface area contributed by atoms with Crippen LogP contribution in [0.25, 0.3) is 6.08 Å². The minimum Gasteiger partial charge on any atom is -0.496 e. The molecule has 1 heterocycles. The molecule has 0 bridgehead atoms. The molecule has 0 saturated heterocycles. The number of allylic oxidation sites excluding steroid dienone is 1. The highest BCUT2D eigenvalue weighted by atomic mass is 79.9. The Labute approximate surface area is 198 Å². The number of hydrogen-bond donors (Lipinski definition) is 0. The first-order chi connectivity index (χ1) is 15.4. The highest BCUT2D eigenvalue weighted by molar-refractivity contribution is 9.10. The van der Waals surface area contributed by atoms with E-state index in [0.29, 0.717) is 44.5 Å². The molecule has 0 saturated carbocycles. The number of rotatable bonds is 6. The van der Waals surface area contributed by atoms with Crippen molar-refractivity contribution in [2.24, 2.45) is 0 Å². The van der Waals surface area contributed by atoms with Crippen LogP contribution in [0.4, 0.5) is 0 Å². The molecule has 0 fully saturated rings. The Morgan fingerprint density at radius 1 is 1.12 bits per heavy atom. The lowest BCUT2D eigenvalue weighted by atomic mass is 10.0. The largest absolute Gasteiger partial charge is 0.496 e. The molecule has 3 aromatic rings. The smallest absolute Gasteiger partial charge is 0.232 e. The highest BCUT2D eigenvalue weighted by Crippen LogP contribution is 2.38. The van der Waals surface area contributed by atoms with E-state index < -0.39 is 0 Å². The van der Waals surface area contributed by atoms with Crippen molar-refractivity contribution in [3.05, 3.63) is 92.1 Å². The van der Waals surface area contributed by atoms with Gasteiger partial charge < -0.3 is 14.2 Å². The molecule has 7 heteroatoms. The number of halogens is 2. The van der Waals surface area contributed by atoms with Crippen LogP contribution in [0.2, 0.25) is 5.02 Å². The molecule has 4 rings (SSSR count). The van der Waals surface area contributed by atoms with Crippen molar-refractivity contribution in [3.63, 3.8) is 0 Å². The molecular weight excluding hydrogens is 496 g/mol. The Kier molecular flexibility index (Phi) is 6.35. The molecule has 3 aromatic carbocycles. The van der Waals surface area contributed by atoms with Gasteiger partial charge in [0.2, 0.25) is 5.78 Å². The number of ketones is 2. The van der Waals surface area contributed by atoms with Crippen LogP contribution in [0.1, 0.15) is 31.8 Å². The van der Waals surface area contributed by atoms with Crippen LogP contribution < -0.4 is 14.2 Å². The first-order valence-corrected chi connectivity index (χ1v) is 10.9. The van der Waals surface area contributed by atoms with E-state index in [1.807, 2.05) is 12.1 Å². The van der Waals surface area contributed by atoms with E-state index in [1.165, 1.54) is 0 Å². The van der Waals surface area contributed by atoms with Crippen LogP contribution in [0.5, 0.6) is 17.2 Å². The molecular formula is C25H18BrClO5. The maximum absolute atomic E-state index is 12.9. The van der Waals surface area contributed by atoms with Crippen LogP contribution in [0, 0.1) is 6.92 Å². The number of carbonyl (C=O) groups excluding carboxylic acids is 2. The zero-order valence-corrected chi connectivity index (χ0v) is 19.6. The second kappa shape index (κ2) is 9.18. The van der Waals surface area contributed by atoms with Crippen molar-refractivity contribution in [3.8, 4) is 17.2 Å². The zero-order valence-electron chi connectivity index (χ0n) is 17.3. The molecule has 5 nitrogen and oxygen atoms in total. The van der Waals surface area contributed by atoms with Gasteiger partial charge >= 0.3 is 0 Å². The van der Waals surface area contributed by atoms with Crippen molar-refractivity contribution in [1.29, 1.82) is 0 Å². The number of fused-ring (bicyclic) bond motifs is 1. The summed E-state index contributed by atoms with van der Waals surface area (Å²) in [6.07, 6.45) is 1.65. The Morgan fingerprint density at radius 3 is 2.59 bits per heavy atom. The summed E-state index contributed by atoms with van der Waals surface area (Å²) in [7, 11) is 1.57. The lowest BCUT2D eigenvalue weighted by Gasteiger charge is -2.09. The fraction of sp³-hybridized carbons (Fsp3) is 0.120. The third kappa shape index (κ3) is 4.56. The maximum atomic E-state index is 12.9. The third-order valence-corrected chi connectivity index (χ3v) is 5.70. The van der Waals surface area contributed by atoms with Crippen molar-refractivity contribution < 1.29 is 23.8 Å². The van der Waals surface area contributed by atoms with E-state index in [0.717, 1.165) is 4.47 Å². The minimum atomic E-state index is -0.219. The van der Waals surface area contributed by atoms with Gasteiger partial charge in [0.1, 0.15) is 17.2 Å². The fourth-order valence-electron chi connectivity index (χ4n) is 3.39. The summed E-state index contributed by atoms with van der Waals surface area (Å²) in [6, 6.07) is 15.4. The molecule has 1 aliphatic heterocycles. The van der Waals surface area contributed by atoms with E-state index in [1.54, 1.807) is 62.6 Å². The standard InChI is InChI=1S/C25H18BrClO5/c1-14-9-19(31-13-20(28)15-3-6-18(27)7-4-15)12-22-24(14)25(29)23(32-22)11-16-10-17(26)5-8-21(16)30-2/h3-12H,13H2,1-2H3/b23-11-. The van der Waals surface area contributed by atoms with Crippen molar-refractivity contribution >= 4 is 45.2 Å². The molecule has 1 aliphatic rings. The molecule has 0 aliphatic carbocycles. The van der Waals surface area contributed by atoms with Crippen molar-refractivity contribution in [2.75, 3.05) is 13.7 Å². The van der Waals surface area contributed by atoms with Gasteiger partial charge in [-0.25, -0.2) is 0 Å². The number of hydrogen-bond acceptors (Lipinski definition) is 5. The Morgan fingerprint density at radius 2 is 1.88 bits per heavy atom. The molecule has 0 aromatic heterocycles. The average Bonchev–Trinajstić information content (AvgIpc) is 3.08. The summed E-state index contributed by atoms with van der Waals surface area (Å²) in [5.74, 6) is 1.24. The van der Waals surface area contributed by atoms with Gasteiger partial charge in [-0.15, -0.1) is 0 Å². The van der Waals surface area contributed by atoms with Crippen molar-refractivity contribution in [1.82, 2.24) is 0 Å². The minimum absolute atomic E-state index is 0.147. The van der Waals surface area contributed by atoms with Gasteiger partial charge in [-0.05, 0) is 67.1 Å². The SMILES string of the molecule is COc1ccc(Br)cc1/C=C1\Oc2cc(OCC(=O)c3ccc(Cl)cc3)cc(C)c2C1=O. The Bertz CT molecular complexity index is 1250. The van der Waals surface area contributed by atoms with E-state index in [4.69, 9.17) is 25.8 Å². The summed E-state index contributed by atoms with van der Waals surface area (Å²) in [4.78, 5) is 25.3. The normalized spacial score (nSPS) is 13.6. The van der Waals surface area contributed by atoms with Crippen LogP contribution in [-0.2, 0) is 0 Å². The summed E-state index contributed by atoms with van der Waals surface area (Å²) in [5, 5.41) is 0.558. The van der Waals surface area contributed by atoms with Gasteiger partial charge in [0.25, 0.3) is 0 Å². The van der Waals surface area contributed by atoms with Crippen LogP contribution in [-0.4, -0.2) is 25.3 Å². The van der Waals surface area contributed by atoms with E-state index >= 15 is 0 Å². The number of methoxy groups -OCH3 is 1. The fourth-order valence-corrected chi connectivity index (χ4v) is 3.89. The quantitative estimate of drug-likeness (QED) is 0.286.